The second-order valence-corrected chi connectivity index (χ2v) is 3.30. The predicted octanol–water partition coefficient (Wildman–Crippen LogP) is 1.84. The smallest absolute Gasteiger partial charge is 0.0594 e. The Kier molecular flexibility index (Phi) is 4.79. The molecule has 0 aromatic rings. The van der Waals surface area contributed by atoms with Gasteiger partial charge in [-0.2, -0.15) is 0 Å². The molecule has 1 atom stereocenters. The molecule has 1 aliphatic heterocycles. The molecular formula is C11H19NO. The molecule has 0 N–H and O–H groups in total. The number of morpholine rings is 1. The van der Waals surface area contributed by atoms with E-state index in [2.05, 4.69) is 30.1 Å². The highest BCUT2D eigenvalue weighted by molar-refractivity contribution is 5.05. The molecule has 0 aromatic carbocycles. The van der Waals surface area contributed by atoms with Crippen LogP contribution in [0, 0.1) is 0 Å². The lowest BCUT2D eigenvalue weighted by molar-refractivity contribution is 0.0287. The van der Waals surface area contributed by atoms with Gasteiger partial charge in [-0.25, -0.2) is 0 Å². The monoisotopic (exact) mass is 181 g/mol. The lowest BCUT2D eigenvalue weighted by atomic mass is 10.2. The number of hydrogen-bond acceptors (Lipinski definition) is 2. The van der Waals surface area contributed by atoms with Crippen LogP contribution in [0.25, 0.3) is 0 Å². The Labute approximate surface area is 80.9 Å². The maximum absolute atomic E-state index is 5.30. The van der Waals surface area contributed by atoms with Crippen LogP contribution in [-0.4, -0.2) is 37.2 Å². The summed E-state index contributed by atoms with van der Waals surface area (Å²) in [7, 11) is 0. The van der Waals surface area contributed by atoms with Crippen LogP contribution in [0.3, 0.4) is 0 Å². The average molecular weight is 181 g/mol. The van der Waals surface area contributed by atoms with E-state index in [4.69, 9.17) is 4.74 Å². The number of allylic oxidation sites excluding steroid dienone is 3. The summed E-state index contributed by atoms with van der Waals surface area (Å²) in [6.07, 6.45) is 8.45. The maximum Gasteiger partial charge on any atom is 0.0594 e. The summed E-state index contributed by atoms with van der Waals surface area (Å²) in [5.74, 6) is 0. The first-order valence-corrected chi connectivity index (χ1v) is 4.96. The van der Waals surface area contributed by atoms with Crippen LogP contribution in [0.15, 0.2) is 24.3 Å². The second kappa shape index (κ2) is 5.95. The third-order valence-corrected chi connectivity index (χ3v) is 2.31. The molecule has 1 saturated heterocycles. The third-order valence-electron chi connectivity index (χ3n) is 2.31. The molecule has 2 heteroatoms. The summed E-state index contributed by atoms with van der Waals surface area (Å²) in [4.78, 5) is 2.43. The molecule has 1 fully saturated rings. The fraction of sp³-hybridized carbons (Fsp3) is 0.636. The Morgan fingerprint density at radius 3 is 2.54 bits per heavy atom. The van der Waals surface area contributed by atoms with Crippen molar-refractivity contribution in [1.82, 2.24) is 4.90 Å². The van der Waals surface area contributed by atoms with Crippen molar-refractivity contribution in [2.75, 3.05) is 26.3 Å². The van der Waals surface area contributed by atoms with Gasteiger partial charge >= 0.3 is 0 Å². The lowest BCUT2D eigenvalue weighted by Crippen LogP contribution is -2.41. The van der Waals surface area contributed by atoms with Gasteiger partial charge in [0.15, 0.2) is 0 Å². The number of nitrogens with zero attached hydrogens (tertiary/aromatic N) is 1. The zero-order valence-electron chi connectivity index (χ0n) is 8.57. The standard InChI is InChI=1S/C11H19NO/c1-3-4-5-6-11(2)12-7-9-13-10-8-12/h3-6,11H,7-10H2,1-2H3/b4-3-,6-5-. The van der Waals surface area contributed by atoms with Gasteiger partial charge in [-0.15, -0.1) is 0 Å². The zero-order chi connectivity index (χ0) is 9.52. The summed E-state index contributed by atoms with van der Waals surface area (Å²) >= 11 is 0. The highest BCUT2D eigenvalue weighted by Crippen LogP contribution is 2.04. The van der Waals surface area contributed by atoms with Crippen LogP contribution in [0.4, 0.5) is 0 Å². The quantitative estimate of drug-likeness (QED) is 0.616. The fourth-order valence-electron chi connectivity index (χ4n) is 1.44. The van der Waals surface area contributed by atoms with Crippen molar-refractivity contribution in [2.45, 2.75) is 19.9 Å². The second-order valence-electron chi connectivity index (χ2n) is 3.30. The molecule has 0 saturated carbocycles. The molecule has 2 nitrogen and oxygen atoms in total. The fourth-order valence-corrected chi connectivity index (χ4v) is 1.44. The van der Waals surface area contributed by atoms with Crippen molar-refractivity contribution in [1.29, 1.82) is 0 Å². The number of rotatable bonds is 3. The molecule has 1 unspecified atom stereocenters. The van der Waals surface area contributed by atoms with E-state index < -0.39 is 0 Å². The van der Waals surface area contributed by atoms with Gasteiger partial charge in [0.05, 0.1) is 13.2 Å². The first-order valence-electron chi connectivity index (χ1n) is 4.96. The van der Waals surface area contributed by atoms with Gasteiger partial charge < -0.3 is 4.74 Å². The Morgan fingerprint density at radius 2 is 1.92 bits per heavy atom. The van der Waals surface area contributed by atoms with Crippen molar-refractivity contribution in [2.24, 2.45) is 0 Å². The largest absolute Gasteiger partial charge is 0.379 e. The Hall–Kier alpha value is -0.600. The molecule has 0 amide bonds. The predicted molar refractivity (Wildman–Crippen MR) is 55.8 cm³/mol. The highest BCUT2D eigenvalue weighted by atomic mass is 16.5. The molecule has 13 heavy (non-hydrogen) atoms. The van der Waals surface area contributed by atoms with Crippen LogP contribution in [0.5, 0.6) is 0 Å². The molecule has 1 heterocycles. The van der Waals surface area contributed by atoms with E-state index in [1.54, 1.807) is 0 Å². The molecule has 0 spiro atoms. The molecule has 1 rings (SSSR count). The van der Waals surface area contributed by atoms with E-state index >= 15 is 0 Å². The molecular weight excluding hydrogens is 162 g/mol. The summed E-state index contributed by atoms with van der Waals surface area (Å²) in [6.45, 7) is 8.13. The summed E-state index contributed by atoms with van der Waals surface area (Å²) < 4.78 is 5.30. The van der Waals surface area contributed by atoms with E-state index in [0.717, 1.165) is 26.3 Å². The normalized spacial score (nSPS) is 22.9. The first-order chi connectivity index (χ1) is 6.34. The Bertz CT molecular complexity index is 181. The SMILES string of the molecule is C/C=C\C=C/C(C)N1CCOCC1. The topological polar surface area (TPSA) is 12.5 Å². The lowest BCUT2D eigenvalue weighted by Gasteiger charge is -2.30. The van der Waals surface area contributed by atoms with E-state index in [9.17, 15) is 0 Å². The van der Waals surface area contributed by atoms with E-state index in [0.29, 0.717) is 6.04 Å². The zero-order valence-corrected chi connectivity index (χ0v) is 8.57. The molecule has 74 valence electrons. The van der Waals surface area contributed by atoms with Crippen LogP contribution in [0.1, 0.15) is 13.8 Å². The number of hydrogen-bond donors (Lipinski definition) is 0. The van der Waals surface area contributed by atoms with Crippen LogP contribution >= 0.6 is 0 Å². The molecule has 0 bridgehead atoms. The van der Waals surface area contributed by atoms with Crippen molar-refractivity contribution in [3.05, 3.63) is 24.3 Å². The van der Waals surface area contributed by atoms with E-state index in [1.807, 2.05) is 13.0 Å². The van der Waals surface area contributed by atoms with Gasteiger partial charge in [0, 0.05) is 19.1 Å². The third kappa shape index (κ3) is 3.75. The van der Waals surface area contributed by atoms with Crippen molar-refractivity contribution in [3.8, 4) is 0 Å². The molecule has 0 radical (unpaired) electrons. The van der Waals surface area contributed by atoms with Gasteiger partial charge in [0.1, 0.15) is 0 Å². The van der Waals surface area contributed by atoms with Crippen molar-refractivity contribution < 1.29 is 4.74 Å². The summed E-state index contributed by atoms with van der Waals surface area (Å²) in [6, 6.07) is 0.528. The van der Waals surface area contributed by atoms with Gasteiger partial charge in [0.25, 0.3) is 0 Å². The minimum atomic E-state index is 0.528. The molecule has 0 aromatic heterocycles. The van der Waals surface area contributed by atoms with Crippen molar-refractivity contribution in [3.63, 3.8) is 0 Å². The van der Waals surface area contributed by atoms with Gasteiger partial charge in [-0.3, -0.25) is 4.90 Å². The highest BCUT2D eigenvalue weighted by Gasteiger charge is 2.13. The minimum Gasteiger partial charge on any atom is -0.379 e. The van der Waals surface area contributed by atoms with Crippen LogP contribution in [-0.2, 0) is 4.74 Å². The van der Waals surface area contributed by atoms with Crippen molar-refractivity contribution >= 4 is 0 Å². The number of ether oxygens (including phenoxy) is 1. The van der Waals surface area contributed by atoms with E-state index in [1.165, 1.54) is 0 Å². The Balaban J connectivity index is 2.32. The average Bonchev–Trinajstić information content (AvgIpc) is 2.19. The first kappa shape index (κ1) is 10.5. The van der Waals surface area contributed by atoms with Gasteiger partial charge in [-0.1, -0.05) is 24.3 Å². The van der Waals surface area contributed by atoms with Gasteiger partial charge in [0.2, 0.25) is 0 Å². The van der Waals surface area contributed by atoms with Crippen LogP contribution < -0.4 is 0 Å². The minimum absolute atomic E-state index is 0.528. The van der Waals surface area contributed by atoms with E-state index in [-0.39, 0.29) is 0 Å². The molecule has 0 aliphatic carbocycles. The summed E-state index contributed by atoms with van der Waals surface area (Å²) in [5, 5.41) is 0. The summed E-state index contributed by atoms with van der Waals surface area (Å²) in [5.41, 5.74) is 0. The van der Waals surface area contributed by atoms with Crippen LogP contribution in [0.2, 0.25) is 0 Å². The molecule has 1 aliphatic rings. The van der Waals surface area contributed by atoms with Gasteiger partial charge in [-0.05, 0) is 13.8 Å². The Morgan fingerprint density at radius 1 is 1.23 bits per heavy atom. The maximum atomic E-state index is 5.30.